The summed E-state index contributed by atoms with van der Waals surface area (Å²) in [6.07, 6.45) is 6.20. The third-order valence-electron chi connectivity index (χ3n) is 12.1. The van der Waals surface area contributed by atoms with Crippen LogP contribution in [0.1, 0.15) is 109 Å². The normalized spacial score (nSPS) is 18.8. The van der Waals surface area contributed by atoms with Gasteiger partial charge in [0, 0.05) is 18.5 Å². The molecule has 4 heterocycles. The highest BCUT2D eigenvalue weighted by molar-refractivity contribution is 5.87. The summed E-state index contributed by atoms with van der Waals surface area (Å²) in [5, 5.41) is 2.72. The van der Waals surface area contributed by atoms with Crippen LogP contribution in [0.15, 0.2) is 73.1 Å². The Balaban J connectivity index is 0.980. The fraction of sp³-hybridized carbons (Fsp3) is 0.426. The van der Waals surface area contributed by atoms with Gasteiger partial charge in [0.15, 0.2) is 0 Å². The minimum absolute atomic E-state index is 0.101. The second-order valence-electron chi connectivity index (χ2n) is 18.0. The van der Waals surface area contributed by atoms with Crippen molar-refractivity contribution in [2.24, 2.45) is 5.92 Å². The molecule has 308 valence electrons. The van der Waals surface area contributed by atoms with Crippen LogP contribution in [-0.4, -0.2) is 79.7 Å². The Labute approximate surface area is 346 Å². The van der Waals surface area contributed by atoms with E-state index >= 15 is 0 Å². The SMILES string of the molecule is COC(=O)NC(C(=O)N1CCC[C@H]1c1ncc(-c2ccc3c(c2)C(C)(C)c2cc(-c4ccc(-c5cnc([C@@H]6CCCN6C(=O)OC(C)(C)C)[nH]5)cc4)ccc2-3)[nH]1)C(C)C. The van der Waals surface area contributed by atoms with Crippen molar-refractivity contribution in [1.29, 1.82) is 0 Å². The Bertz CT molecular complexity index is 2390. The van der Waals surface area contributed by atoms with Crippen LogP contribution in [0.5, 0.6) is 0 Å². The molecular weight excluding hydrogens is 743 g/mol. The summed E-state index contributed by atoms with van der Waals surface area (Å²) < 4.78 is 10.5. The number of fused-ring (bicyclic) bond motifs is 3. The second kappa shape index (κ2) is 15.4. The predicted molar refractivity (Wildman–Crippen MR) is 227 cm³/mol. The van der Waals surface area contributed by atoms with Crippen molar-refractivity contribution in [3.8, 4) is 44.8 Å². The van der Waals surface area contributed by atoms with Gasteiger partial charge in [-0.1, -0.05) is 76.2 Å². The van der Waals surface area contributed by atoms with E-state index in [1.165, 1.54) is 29.4 Å². The van der Waals surface area contributed by atoms with E-state index in [1.54, 1.807) is 4.90 Å². The predicted octanol–water partition coefficient (Wildman–Crippen LogP) is 9.56. The summed E-state index contributed by atoms with van der Waals surface area (Å²) in [6, 6.07) is 20.9. The molecule has 0 radical (unpaired) electrons. The molecule has 1 unspecified atom stereocenters. The number of benzene rings is 3. The number of methoxy groups -OCH3 is 1. The van der Waals surface area contributed by atoms with Crippen LogP contribution < -0.4 is 5.32 Å². The van der Waals surface area contributed by atoms with E-state index in [4.69, 9.17) is 19.4 Å². The van der Waals surface area contributed by atoms with Gasteiger partial charge in [-0.15, -0.1) is 0 Å². The molecule has 3 atom stereocenters. The number of carbonyl (C=O) groups is 3. The zero-order chi connectivity index (χ0) is 41.8. The van der Waals surface area contributed by atoms with Crippen molar-refractivity contribution < 1.29 is 23.9 Å². The molecule has 2 aromatic heterocycles. The maximum atomic E-state index is 13.7. The highest BCUT2D eigenvalue weighted by Gasteiger charge is 2.39. The molecule has 12 nitrogen and oxygen atoms in total. The van der Waals surface area contributed by atoms with Gasteiger partial charge in [0.05, 0.1) is 43.0 Å². The Hall–Kier alpha value is -5.91. The number of aromatic amines is 2. The van der Waals surface area contributed by atoms with Gasteiger partial charge in [0.1, 0.15) is 23.3 Å². The molecule has 2 saturated heterocycles. The number of alkyl carbamates (subject to hydrolysis) is 1. The lowest BCUT2D eigenvalue weighted by Crippen LogP contribution is -2.51. The first-order valence-electron chi connectivity index (χ1n) is 20.8. The van der Waals surface area contributed by atoms with Gasteiger partial charge in [-0.2, -0.15) is 0 Å². The number of ether oxygens (including phenoxy) is 2. The lowest BCUT2D eigenvalue weighted by molar-refractivity contribution is -0.135. The molecule has 8 rings (SSSR count). The summed E-state index contributed by atoms with van der Waals surface area (Å²) >= 11 is 0. The largest absolute Gasteiger partial charge is 0.453 e. The van der Waals surface area contributed by atoms with Crippen molar-refractivity contribution in [1.82, 2.24) is 35.1 Å². The van der Waals surface area contributed by atoms with Gasteiger partial charge >= 0.3 is 12.2 Å². The summed E-state index contributed by atoms with van der Waals surface area (Å²) in [5.74, 6) is 1.30. The second-order valence-corrected chi connectivity index (χ2v) is 18.0. The average molecular weight is 798 g/mol. The fourth-order valence-corrected chi connectivity index (χ4v) is 9.02. The molecule has 3 aromatic carbocycles. The Morgan fingerprint density at radius 3 is 1.85 bits per heavy atom. The van der Waals surface area contributed by atoms with Crippen molar-refractivity contribution in [2.45, 2.75) is 103 Å². The minimum Gasteiger partial charge on any atom is -0.453 e. The van der Waals surface area contributed by atoms with Crippen LogP contribution in [0.3, 0.4) is 0 Å². The van der Waals surface area contributed by atoms with Crippen molar-refractivity contribution >= 4 is 18.1 Å². The molecule has 3 N–H and O–H groups in total. The number of likely N-dealkylation sites (tertiary alicyclic amines) is 2. The smallest absolute Gasteiger partial charge is 0.410 e. The van der Waals surface area contributed by atoms with E-state index in [9.17, 15) is 14.4 Å². The topological polar surface area (TPSA) is 146 Å². The van der Waals surface area contributed by atoms with Gasteiger partial charge in [-0.3, -0.25) is 9.69 Å². The number of amides is 3. The molecule has 2 aliphatic heterocycles. The van der Waals surface area contributed by atoms with E-state index in [2.05, 4.69) is 89.8 Å². The molecule has 3 aliphatic rings. The van der Waals surface area contributed by atoms with E-state index < -0.39 is 17.7 Å². The van der Waals surface area contributed by atoms with Gasteiger partial charge in [-0.25, -0.2) is 19.6 Å². The minimum atomic E-state index is -0.684. The third-order valence-corrected chi connectivity index (χ3v) is 12.1. The lowest BCUT2D eigenvalue weighted by atomic mass is 9.81. The Kier molecular flexibility index (Phi) is 10.4. The molecule has 3 amide bonds. The summed E-state index contributed by atoms with van der Waals surface area (Å²) in [5.41, 5.74) is 10.3. The van der Waals surface area contributed by atoms with Gasteiger partial charge in [-0.05, 0) is 109 Å². The summed E-state index contributed by atoms with van der Waals surface area (Å²) in [7, 11) is 1.30. The molecule has 0 saturated carbocycles. The number of imidazole rings is 2. The van der Waals surface area contributed by atoms with Gasteiger partial charge in [0.25, 0.3) is 0 Å². The quantitative estimate of drug-likeness (QED) is 0.142. The van der Waals surface area contributed by atoms with Crippen molar-refractivity contribution in [2.75, 3.05) is 20.2 Å². The number of nitrogens with one attached hydrogen (secondary N) is 3. The summed E-state index contributed by atoms with van der Waals surface area (Å²) in [6.45, 7) is 15.3. The first kappa shape index (κ1) is 39.9. The maximum absolute atomic E-state index is 13.7. The van der Waals surface area contributed by atoms with Crippen LogP contribution in [0.2, 0.25) is 0 Å². The van der Waals surface area contributed by atoms with E-state index in [-0.39, 0.29) is 35.4 Å². The van der Waals surface area contributed by atoms with Crippen LogP contribution in [0, 0.1) is 5.92 Å². The highest BCUT2D eigenvalue weighted by atomic mass is 16.6. The Morgan fingerprint density at radius 2 is 1.27 bits per heavy atom. The first-order chi connectivity index (χ1) is 28.1. The number of aromatic nitrogens is 4. The number of carbonyl (C=O) groups excluding carboxylic acids is 3. The third kappa shape index (κ3) is 7.61. The van der Waals surface area contributed by atoms with Crippen LogP contribution in [-0.2, 0) is 19.7 Å². The number of nitrogens with zero attached hydrogens (tertiary/aromatic N) is 4. The van der Waals surface area contributed by atoms with E-state index in [0.29, 0.717) is 13.1 Å². The van der Waals surface area contributed by atoms with Gasteiger partial charge < -0.3 is 29.7 Å². The average Bonchev–Trinajstić information content (AvgIpc) is 4.06. The standard InChI is InChI=1S/C47H55N7O5/c1-27(2)40(52-44(56)58-8)43(55)53-21-9-11-38(53)41-49-26-37(51-41)31-18-20-33-32-19-17-30(23-34(32)47(6,7)35(33)24-31)28-13-15-29(16-14-28)36-25-48-42(50-36)39-12-10-22-54(39)45(57)59-46(3,4)5/h13-20,23-27,38-40H,9-12,21-22H2,1-8H3,(H,48,50)(H,49,51)(H,52,56)/t38-,39-,40?/m0/s1. The Morgan fingerprint density at radius 1 is 0.763 bits per heavy atom. The zero-order valence-corrected chi connectivity index (χ0v) is 35.3. The molecular formula is C47H55N7O5. The molecule has 1 aliphatic carbocycles. The molecule has 2 fully saturated rings. The van der Waals surface area contributed by atoms with Gasteiger partial charge in [0.2, 0.25) is 5.91 Å². The number of H-pyrrole nitrogens is 2. The maximum Gasteiger partial charge on any atom is 0.410 e. The molecule has 5 aromatic rings. The van der Waals surface area contributed by atoms with Crippen molar-refractivity contribution in [3.05, 3.63) is 95.8 Å². The first-order valence-corrected chi connectivity index (χ1v) is 20.8. The fourth-order valence-electron chi connectivity index (χ4n) is 9.02. The van der Waals surface area contributed by atoms with Crippen molar-refractivity contribution in [3.63, 3.8) is 0 Å². The highest BCUT2D eigenvalue weighted by Crippen LogP contribution is 2.50. The van der Waals surface area contributed by atoms with E-state index in [1.807, 2.05) is 51.9 Å². The molecule has 12 heteroatoms. The number of hydrogen-bond acceptors (Lipinski definition) is 7. The van der Waals surface area contributed by atoms with Crippen LogP contribution >= 0.6 is 0 Å². The molecule has 59 heavy (non-hydrogen) atoms. The molecule has 0 spiro atoms. The zero-order valence-electron chi connectivity index (χ0n) is 35.3. The van der Waals surface area contributed by atoms with Crippen LogP contribution in [0.4, 0.5) is 9.59 Å². The number of rotatable bonds is 8. The monoisotopic (exact) mass is 797 g/mol. The number of hydrogen-bond donors (Lipinski definition) is 3. The lowest BCUT2D eigenvalue weighted by Gasteiger charge is -2.30. The van der Waals surface area contributed by atoms with E-state index in [0.717, 1.165) is 71.0 Å². The van der Waals surface area contributed by atoms with Crippen LogP contribution in [0.25, 0.3) is 44.8 Å². The summed E-state index contributed by atoms with van der Waals surface area (Å²) in [4.78, 5) is 58.8. The molecule has 0 bridgehead atoms.